The largest absolute Gasteiger partial charge is 0.446 e. The van der Waals surface area contributed by atoms with E-state index in [0.717, 1.165) is 11.1 Å². The first kappa shape index (κ1) is 15.2. The number of esters is 1. The van der Waals surface area contributed by atoms with Crippen LogP contribution in [0.15, 0.2) is 60.7 Å². The van der Waals surface area contributed by atoms with Gasteiger partial charge in [0.2, 0.25) is 0 Å². The molecule has 3 nitrogen and oxygen atoms in total. The third-order valence-corrected chi connectivity index (χ3v) is 4.33. The quantitative estimate of drug-likeness (QED) is 0.636. The first-order valence-electron chi connectivity index (χ1n) is 7.64. The van der Waals surface area contributed by atoms with Crippen molar-refractivity contribution in [2.24, 2.45) is 0 Å². The molecular weight excluding hydrogens is 288 g/mol. The Balaban J connectivity index is 2.30. The minimum Gasteiger partial charge on any atom is -0.446 e. The molecule has 1 aliphatic rings. The Morgan fingerprint density at radius 2 is 1.52 bits per heavy atom. The smallest absolute Gasteiger partial charge is 0.334 e. The van der Waals surface area contributed by atoms with Crippen molar-refractivity contribution >= 4 is 11.8 Å². The van der Waals surface area contributed by atoms with Gasteiger partial charge in [0.05, 0.1) is 0 Å². The molecule has 0 N–H and O–H groups in total. The topological polar surface area (TPSA) is 43.4 Å². The third-order valence-electron chi connectivity index (χ3n) is 4.33. The average molecular weight is 306 g/mol. The lowest BCUT2D eigenvalue weighted by molar-refractivity contribution is -0.152. The summed E-state index contributed by atoms with van der Waals surface area (Å²) >= 11 is 0. The van der Waals surface area contributed by atoms with Gasteiger partial charge in [0.1, 0.15) is 0 Å². The lowest BCUT2D eigenvalue weighted by atomic mass is 9.72. The summed E-state index contributed by atoms with van der Waals surface area (Å²) in [6, 6.07) is 14.7. The van der Waals surface area contributed by atoms with Gasteiger partial charge in [0, 0.05) is 27.8 Å². The van der Waals surface area contributed by atoms with Crippen molar-refractivity contribution in [1.82, 2.24) is 0 Å². The Kier molecular flexibility index (Phi) is 3.64. The van der Waals surface area contributed by atoms with E-state index >= 15 is 0 Å². The molecule has 0 radical (unpaired) electrons. The van der Waals surface area contributed by atoms with Crippen molar-refractivity contribution in [1.29, 1.82) is 0 Å². The van der Waals surface area contributed by atoms with Crippen molar-refractivity contribution in [2.75, 3.05) is 0 Å². The molecule has 0 unspecified atom stereocenters. The van der Waals surface area contributed by atoms with Crippen molar-refractivity contribution in [3.05, 3.63) is 82.9 Å². The Morgan fingerprint density at radius 1 is 1.04 bits per heavy atom. The predicted octanol–water partition coefficient (Wildman–Crippen LogP) is 4.00. The maximum Gasteiger partial charge on any atom is 0.334 e. The van der Waals surface area contributed by atoms with E-state index in [1.165, 1.54) is 0 Å². The third kappa shape index (κ3) is 2.20. The van der Waals surface area contributed by atoms with Gasteiger partial charge in [-0.3, -0.25) is 4.79 Å². The fourth-order valence-electron chi connectivity index (χ4n) is 3.17. The van der Waals surface area contributed by atoms with E-state index in [1.54, 1.807) is 19.1 Å². The van der Waals surface area contributed by atoms with E-state index in [4.69, 9.17) is 4.74 Å². The molecule has 0 bridgehead atoms. The van der Waals surface area contributed by atoms with Crippen molar-refractivity contribution in [3.8, 4) is 0 Å². The van der Waals surface area contributed by atoms with Gasteiger partial charge in [0.15, 0.2) is 11.4 Å². The van der Waals surface area contributed by atoms with Crippen LogP contribution in [-0.4, -0.2) is 11.8 Å². The summed E-state index contributed by atoms with van der Waals surface area (Å²) in [6.45, 7) is 7.25. The second-order valence-electron chi connectivity index (χ2n) is 5.77. The lowest BCUT2D eigenvalue weighted by Gasteiger charge is -2.39. The van der Waals surface area contributed by atoms with Gasteiger partial charge < -0.3 is 4.74 Å². The highest BCUT2D eigenvalue weighted by Crippen LogP contribution is 2.45. The number of hydrogen-bond acceptors (Lipinski definition) is 3. The fourth-order valence-corrected chi connectivity index (χ4v) is 3.17. The van der Waals surface area contributed by atoms with Gasteiger partial charge in [0.25, 0.3) is 0 Å². The molecule has 0 fully saturated rings. The van der Waals surface area contributed by atoms with Crippen LogP contribution in [0.4, 0.5) is 0 Å². The zero-order valence-corrected chi connectivity index (χ0v) is 13.3. The van der Waals surface area contributed by atoms with E-state index in [-0.39, 0.29) is 5.78 Å². The first-order valence-corrected chi connectivity index (χ1v) is 7.64. The second-order valence-corrected chi connectivity index (χ2v) is 5.77. The van der Waals surface area contributed by atoms with E-state index in [9.17, 15) is 9.59 Å². The van der Waals surface area contributed by atoms with Crippen molar-refractivity contribution < 1.29 is 14.3 Å². The summed E-state index contributed by atoms with van der Waals surface area (Å²) in [4.78, 5) is 25.0. The van der Waals surface area contributed by atoms with Crippen LogP contribution in [0.2, 0.25) is 0 Å². The van der Waals surface area contributed by atoms with Gasteiger partial charge in [-0.15, -0.1) is 0 Å². The monoisotopic (exact) mass is 306 g/mol. The number of benzene rings is 2. The molecule has 0 aliphatic heterocycles. The molecule has 116 valence electrons. The minimum absolute atomic E-state index is 0.0355. The van der Waals surface area contributed by atoms with Crippen molar-refractivity contribution in [3.63, 3.8) is 0 Å². The Labute approximate surface area is 135 Å². The van der Waals surface area contributed by atoms with Crippen LogP contribution >= 0.6 is 0 Å². The van der Waals surface area contributed by atoms with Crippen molar-refractivity contribution in [2.45, 2.75) is 25.9 Å². The van der Waals surface area contributed by atoms with E-state index < -0.39 is 11.6 Å². The molecule has 0 saturated heterocycles. The summed E-state index contributed by atoms with van der Waals surface area (Å²) in [5, 5.41) is 0. The standard InChI is InChI=1S/C20H18O3/c1-4-20(23-19(22)13(2)3)16-11-7-5-9-14(16)18(21)15-10-6-8-12-17(15)20/h5-12H,2,4H2,1,3H3. The first-order chi connectivity index (χ1) is 11.0. The van der Waals surface area contributed by atoms with Crippen LogP contribution in [0.3, 0.4) is 0 Å². The van der Waals surface area contributed by atoms with Gasteiger partial charge in [-0.25, -0.2) is 4.79 Å². The molecule has 0 amide bonds. The predicted molar refractivity (Wildman–Crippen MR) is 88.3 cm³/mol. The van der Waals surface area contributed by atoms with Crippen LogP contribution in [0, 0.1) is 0 Å². The summed E-state index contributed by atoms with van der Waals surface area (Å²) in [7, 11) is 0. The number of rotatable bonds is 3. The zero-order valence-electron chi connectivity index (χ0n) is 13.3. The molecule has 2 aromatic rings. The number of carbonyl (C=O) groups is 2. The van der Waals surface area contributed by atoms with E-state index in [2.05, 4.69) is 6.58 Å². The van der Waals surface area contributed by atoms with Crippen LogP contribution in [0.25, 0.3) is 0 Å². The molecule has 23 heavy (non-hydrogen) atoms. The van der Waals surface area contributed by atoms with Crippen LogP contribution < -0.4 is 0 Å². The molecule has 0 heterocycles. The SMILES string of the molecule is C=C(C)C(=O)OC1(CC)c2ccccc2C(=O)c2ccccc21. The van der Waals surface area contributed by atoms with Gasteiger partial charge in [-0.05, 0) is 13.3 Å². The average Bonchev–Trinajstić information content (AvgIpc) is 2.58. The minimum atomic E-state index is -0.961. The van der Waals surface area contributed by atoms with Crippen LogP contribution in [0.5, 0.6) is 0 Å². The second kappa shape index (κ2) is 5.51. The van der Waals surface area contributed by atoms with Crippen LogP contribution in [-0.2, 0) is 15.1 Å². The van der Waals surface area contributed by atoms with Gasteiger partial charge in [-0.2, -0.15) is 0 Å². The number of ether oxygens (including phenoxy) is 1. The van der Waals surface area contributed by atoms with Gasteiger partial charge >= 0.3 is 5.97 Å². The highest BCUT2D eigenvalue weighted by Gasteiger charge is 2.45. The number of fused-ring (bicyclic) bond motifs is 2. The molecule has 1 aliphatic carbocycles. The number of hydrogen-bond donors (Lipinski definition) is 0. The lowest BCUT2D eigenvalue weighted by Crippen LogP contribution is -2.39. The van der Waals surface area contributed by atoms with E-state index in [1.807, 2.05) is 43.3 Å². The Hall–Kier alpha value is -2.68. The number of ketones is 1. The molecule has 2 aromatic carbocycles. The number of carbonyl (C=O) groups excluding carboxylic acids is 2. The highest BCUT2D eigenvalue weighted by atomic mass is 16.6. The molecule has 0 aromatic heterocycles. The Morgan fingerprint density at radius 3 is 1.96 bits per heavy atom. The zero-order chi connectivity index (χ0) is 16.6. The summed E-state index contributed by atoms with van der Waals surface area (Å²) in [6.07, 6.45) is 0.535. The molecule has 3 rings (SSSR count). The summed E-state index contributed by atoms with van der Waals surface area (Å²) in [5.74, 6) is -0.488. The van der Waals surface area contributed by atoms with Crippen LogP contribution in [0.1, 0.15) is 47.3 Å². The molecular formula is C20H18O3. The Bertz CT molecular complexity index is 768. The summed E-state index contributed by atoms with van der Waals surface area (Å²) in [5.41, 5.74) is 2.02. The molecule has 0 saturated carbocycles. The fraction of sp³-hybridized carbons (Fsp3) is 0.200. The molecule has 0 atom stereocenters. The maximum absolute atomic E-state index is 12.8. The van der Waals surface area contributed by atoms with E-state index in [0.29, 0.717) is 23.1 Å². The summed E-state index contributed by atoms with van der Waals surface area (Å²) < 4.78 is 5.90. The normalized spacial score (nSPS) is 14.6. The maximum atomic E-state index is 12.8. The van der Waals surface area contributed by atoms with Gasteiger partial charge in [-0.1, -0.05) is 62.0 Å². The molecule has 3 heteroatoms. The highest BCUT2D eigenvalue weighted by molar-refractivity contribution is 6.13. The molecule has 0 spiro atoms.